The van der Waals surface area contributed by atoms with Crippen LogP contribution in [-0.2, 0) is 10.2 Å². The molecule has 0 bridgehead atoms. The summed E-state index contributed by atoms with van der Waals surface area (Å²) >= 11 is 0. The van der Waals surface area contributed by atoms with Gasteiger partial charge in [0.2, 0.25) is 0 Å². The molecule has 3 N–H and O–H groups in total. The van der Waals surface area contributed by atoms with Crippen LogP contribution < -0.4 is 10.5 Å². The Morgan fingerprint density at radius 1 is 1.60 bits per heavy atom. The minimum atomic E-state index is -1.06. The summed E-state index contributed by atoms with van der Waals surface area (Å²) in [5.41, 5.74) is 5.10. The first kappa shape index (κ1) is 11.5. The summed E-state index contributed by atoms with van der Waals surface area (Å²) in [7, 11) is 1.54. The first-order valence-electron chi connectivity index (χ1n) is 4.62. The zero-order valence-electron chi connectivity index (χ0n) is 8.86. The summed E-state index contributed by atoms with van der Waals surface area (Å²) in [6.07, 6.45) is 0. The van der Waals surface area contributed by atoms with Crippen LogP contribution in [0.4, 0.5) is 0 Å². The van der Waals surface area contributed by atoms with Crippen LogP contribution in [-0.4, -0.2) is 24.7 Å². The Hall–Kier alpha value is -1.55. The van der Waals surface area contributed by atoms with E-state index in [9.17, 15) is 4.79 Å². The topological polar surface area (TPSA) is 72.5 Å². The highest BCUT2D eigenvalue weighted by Crippen LogP contribution is 2.26. The molecule has 0 aliphatic rings. The van der Waals surface area contributed by atoms with E-state index in [4.69, 9.17) is 15.6 Å². The van der Waals surface area contributed by atoms with Gasteiger partial charge < -0.3 is 15.6 Å². The summed E-state index contributed by atoms with van der Waals surface area (Å²) in [5, 5.41) is 9.13. The summed E-state index contributed by atoms with van der Waals surface area (Å²) in [5.74, 6) is -0.299. The minimum absolute atomic E-state index is 0.0511. The lowest BCUT2D eigenvalue weighted by Crippen LogP contribution is -2.39. The summed E-state index contributed by atoms with van der Waals surface area (Å²) in [6.45, 7) is 1.65. The van der Waals surface area contributed by atoms with Crippen molar-refractivity contribution < 1.29 is 14.6 Å². The monoisotopic (exact) mass is 209 g/mol. The van der Waals surface area contributed by atoms with E-state index in [1.165, 1.54) is 0 Å². The van der Waals surface area contributed by atoms with Gasteiger partial charge in [-0.05, 0) is 24.6 Å². The summed E-state index contributed by atoms with van der Waals surface area (Å²) < 4.78 is 5.04. The Bertz CT molecular complexity index is 365. The molecule has 0 aliphatic carbocycles. The van der Waals surface area contributed by atoms with Crippen molar-refractivity contribution in [3.8, 4) is 5.75 Å². The van der Waals surface area contributed by atoms with Crippen LogP contribution >= 0.6 is 0 Å². The molecule has 4 heteroatoms. The van der Waals surface area contributed by atoms with Gasteiger partial charge in [-0.3, -0.25) is 4.79 Å². The first-order chi connectivity index (χ1) is 7.04. The normalized spacial score (nSPS) is 14.3. The molecule has 1 aromatic carbocycles. The standard InChI is InChI=1S/C11H15NO3/c1-11(7-12,10(13)14)8-4-3-5-9(6-8)15-2/h3-6H,7,12H2,1-2H3,(H,13,14). The molecule has 1 rings (SSSR count). The fourth-order valence-corrected chi connectivity index (χ4v) is 1.29. The zero-order valence-corrected chi connectivity index (χ0v) is 8.86. The lowest BCUT2D eigenvalue weighted by Gasteiger charge is -2.23. The second-order valence-corrected chi connectivity index (χ2v) is 3.57. The number of rotatable bonds is 4. The maximum absolute atomic E-state index is 11.1. The first-order valence-corrected chi connectivity index (χ1v) is 4.62. The lowest BCUT2D eigenvalue weighted by atomic mass is 9.82. The van der Waals surface area contributed by atoms with Crippen molar-refractivity contribution in [3.63, 3.8) is 0 Å². The molecule has 1 aromatic rings. The van der Waals surface area contributed by atoms with Gasteiger partial charge in [0.1, 0.15) is 11.2 Å². The number of carboxylic acid groups (broad SMARTS) is 1. The minimum Gasteiger partial charge on any atom is -0.497 e. The third kappa shape index (κ3) is 2.10. The van der Waals surface area contributed by atoms with Gasteiger partial charge in [-0.2, -0.15) is 0 Å². The van der Waals surface area contributed by atoms with E-state index in [1.54, 1.807) is 38.3 Å². The van der Waals surface area contributed by atoms with E-state index >= 15 is 0 Å². The fourth-order valence-electron chi connectivity index (χ4n) is 1.29. The highest BCUT2D eigenvalue weighted by molar-refractivity contribution is 5.81. The number of hydrogen-bond acceptors (Lipinski definition) is 3. The Morgan fingerprint density at radius 3 is 2.73 bits per heavy atom. The second-order valence-electron chi connectivity index (χ2n) is 3.57. The predicted molar refractivity (Wildman–Crippen MR) is 57.0 cm³/mol. The van der Waals surface area contributed by atoms with Gasteiger partial charge in [0, 0.05) is 6.54 Å². The van der Waals surface area contributed by atoms with E-state index < -0.39 is 11.4 Å². The fraction of sp³-hybridized carbons (Fsp3) is 0.364. The number of hydrogen-bond donors (Lipinski definition) is 2. The van der Waals surface area contributed by atoms with Crippen LogP contribution in [0.15, 0.2) is 24.3 Å². The molecule has 0 radical (unpaired) electrons. The molecule has 1 atom stereocenters. The molecule has 0 aliphatic heterocycles. The molecule has 4 nitrogen and oxygen atoms in total. The van der Waals surface area contributed by atoms with Crippen LogP contribution in [0.3, 0.4) is 0 Å². The molecule has 0 heterocycles. The van der Waals surface area contributed by atoms with E-state index in [0.717, 1.165) is 0 Å². The average molecular weight is 209 g/mol. The quantitative estimate of drug-likeness (QED) is 0.775. The number of methoxy groups -OCH3 is 1. The van der Waals surface area contributed by atoms with E-state index in [-0.39, 0.29) is 6.54 Å². The average Bonchev–Trinajstić information content (AvgIpc) is 2.27. The molecule has 0 fully saturated rings. The largest absolute Gasteiger partial charge is 0.497 e. The third-order valence-corrected chi connectivity index (χ3v) is 2.59. The molecule has 0 spiro atoms. The third-order valence-electron chi connectivity index (χ3n) is 2.59. The van der Waals surface area contributed by atoms with Crippen LogP contribution in [0, 0.1) is 0 Å². The Labute approximate surface area is 88.7 Å². The number of carboxylic acids is 1. The number of aliphatic carboxylic acids is 1. The number of carbonyl (C=O) groups is 1. The maximum Gasteiger partial charge on any atom is 0.315 e. The molecular weight excluding hydrogens is 194 g/mol. The van der Waals surface area contributed by atoms with Crippen molar-refractivity contribution >= 4 is 5.97 Å². The highest BCUT2D eigenvalue weighted by Gasteiger charge is 2.33. The number of nitrogens with two attached hydrogens (primary N) is 1. The smallest absolute Gasteiger partial charge is 0.315 e. The van der Waals surface area contributed by atoms with Gasteiger partial charge in [0.25, 0.3) is 0 Å². The van der Waals surface area contributed by atoms with E-state index in [2.05, 4.69) is 0 Å². The van der Waals surface area contributed by atoms with Crippen molar-refractivity contribution in [3.05, 3.63) is 29.8 Å². The highest BCUT2D eigenvalue weighted by atomic mass is 16.5. The van der Waals surface area contributed by atoms with Crippen molar-refractivity contribution in [2.75, 3.05) is 13.7 Å². The van der Waals surface area contributed by atoms with Gasteiger partial charge in [0.15, 0.2) is 0 Å². The van der Waals surface area contributed by atoms with Crippen molar-refractivity contribution in [1.29, 1.82) is 0 Å². The van der Waals surface area contributed by atoms with Crippen molar-refractivity contribution in [1.82, 2.24) is 0 Å². The number of benzene rings is 1. The van der Waals surface area contributed by atoms with Gasteiger partial charge in [-0.25, -0.2) is 0 Å². The van der Waals surface area contributed by atoms with Crippen molar-refractivity contribution in [2.24, 2.45) is 5.73 Å². The Kier molecular flexibility index (Phi) is 3.31. The SMILES string of the molecule is COc1cccc(C(C)(CN)C(=O)O)c1. The summed E-state index contributed by atoms with van der Waals surface area (Å²) in [6, 6.07) is 6.96. The predicted octanol–water partition coefficient (Wildman–Crippen LogP) is 0.996. The van der Waals surface area contributed by atoms with Gasteiger partial charge >= 0.3 is 5.97 Å². The molecule has 1 unspecified atom stereocenters. The number of ether oxygens (including phenoxy) is 1. The van der Waals surface area contributed by atoms with Crippen LogP contribution in [0.2, 0.25) is 0 Å². The van der Waals surface area contributed by atoms with Gasteiger partial charge in [0.05, 0.1) is 7.11 Å². The molecule has 82 valence electrons. The van der Waals surface area contributed by atoms with Crippen molar-refractivity contribution in [2.45, 2.75) is 12.3 Å². The molecule has 0 saturated heterocycles. The maximum atomic E-state index is 11.1. The Morgan fingerprint density at radius 2 is 2.27 bits per heavy atom. The Balaban J connectivity index is 3.18. The second kappa shape index (κ2) is 4.31. The summed E-state index contributed by atoms with van der Waals surface area (Å²) in [4.78, 5) is 11.1. The molecule has 0 aromatic heterocycles. The van der Waals surface area contributed by atoms with E-state index in [1.807, 2.05) is 0 Å². The van der Waals surface area contributed by atoms with Gasteiger partial charge in [-0.15, -0.1) is 0 Å². The molecular formula is C11H15NO3. The zero-order chi connectivity index (χ0) is 11.5. The van der Waals surface area contributed by atoms with Crippen LogP contribution in [0.1, 0.15) is 12.5 Å². The lowest BCUT2D eigenvalue weighted by molar-refractivity contribution is -0.142. The molecule has 0 amide bonds. The van der Waals surface area contributed by atoms with Gasteiger partial charge in [-0.1, -0.05) is 12.1 Å². The molecule has 15 heavy (non-hydrogen) atoms. The molecule has 0 saturated carbocycles. The van der Waals surface area contributed by atoms with Crippen LogP contribution in [0.5, 0.6) is 5.75 Å². The van der Waals surface area contributed by atoms with E-state index in [0.29, 0.717) is 11.3 Å². The van der Waals surface area contributed by atoms with Crippen LogP contribution in [0.25, 0.3) is 0 Å².